The molecule has 2 aliphatic rings. The van der Waals surface area contributed by atoms with Crippen LogP contribution in [0.5, 0.6) is 0 Å². The summed E-state index contributed by atoms with van der Waals surface area (Å²) in [7, 11) is 0. The summed E-state index contributed by atoms with van der Waals surface area (Å²) in [5.74, 6) is 0.729. The first-order valence-corrected chi connectivity index (χ1v) is 8.17. The van der Waals surface area contributed by atoms with Gasteiger partial charge in [-0.3, -0.25) is 9.69 Å². The number of nitrogens with zero attached hydrogens (tertiary/aromatic N) is 2. The van der Waals surface area contributed by atoms with Gasteiger partial charge in [-0.15, -0.1) is 11.3 Å². The molecule has 104 valence electrons. The molecule has 0 spiro atoms. The third-order valence-corrected chi connectivity index (χ3v) is 5.36. The largest absolute Gasteiger partial charge is 0.340 e. The zero-order valence-corrected chi connectivity index (χ0v) is 12.6. The molecule has 0 N–H and O–H groups in total. The summed E-state index contributed by atoms with van der Waals surface area (Å²) >= 11 is 7.60. The molecule has 1 aromatic rings. The molecule has 0 aromatic carbocycles. The van der Waals surface area contributed by atoms with E-state index in [2.05, 4.69) is 15.9 Å². The Bertz CT molecular complexity index is 450. The second-order valence-corrected chi connectivity index (χ2v) is 7.23. The summed E-state index contributed by atoms with van der Waals surface area (Å²) in [4.78, 5) is 17.9. The Morgan fingerprint density at radius 3 is 2.53 bits per heavy atom. The molecule has 0 bridgehead atoms. The van der Waals surface area contributed by atoms with Crippen molar-refractivity contribution >= 4 is 28.8 Å². The van der Waals surface area contributed by atoms with Gasteiger partial charge >= 0.3 is 0 Å². The van der Waals surface area contributed by atoms with Crippen LogP contribution in [0.4, 0.5) is 0 Å². The minimum atomic E-state index is 0.336. The molecule has 0 unspecified atom stereocenters. The number of amides is 1. The number of carbonyl (C=O) groups is 1. The van der Waals surface area contributed by atoms with Crippen molar-refractivity contribution in [3.63, 3.8) is 0 Å². The minimum Gasteiger partial charge on any atom is -0.340 e. The highest BCUT2D eigenvalue weighted by Crippen LogP contribution is 2.29. The fourth-order valence-corrected chi connectivity index (χ4v) is 3.83. The molecule has 1 aliphatic carbocycles. The second-order valence-electron chi connectivity index (χ2n) is 5.44. The van der Waals surface area contributed by atoms with Gasteiger partial charge in [-0.2, -0.15) is 0 Å². The molecular weight excluding hydrogens is 280 g/mol. The van der Waals surface area contributed by atoms with Gasteiger partial charge in [0.25, 0.3) is 0 Å². The van der Waals surface area contributed by atoms with E-state index >= 15 is 0 Å². The summed E-state index contributed by atoms with van der Waals surface area (Å²) in [6.45, 7) is 4.69. The second kappa shape index (κ2) is 5.81. The Morgan fingerprint density at radius 1 is 1.26 bits per heavy atom. The molecule has 1 amide bonds. The van der Waals surface area contributed by atoms with Crippen molar-refractivity contribution in [2.75, 3.05) is 26.2 Å². The smallest absolute Gasteiger partial charge is 0.225 e. The van der Waals surface area contributed by atoms with Crippen molar-refractivity contribution in [2.45, 2.75) is 25.8 Å². The van der Waals surface area contributed by atoms with E-state index < -0.39 is 0 Å². The van der Waals surface area contributed by atoms with Crippen LogP contribution in [0, 0.1) is 5.92 Å². The van der Waals surface area contributed by atoms with Crippen LogP contribution in [-0.4, -0.2) is 41.9 Å². The van der Waals surface area contributed by atoms with Crippen molar-refractivity contribution in [1.82, 2.24) is 9.80 Å². The summed E-state index contributed by atoms with van der Waals surface area (Å²) < 4.78 is 0.855. The predicted molar refractivity (Wildman–Crippen MR) is 78.5 cm³/mol. The lowest BCUT2D eigenvalue weighted by atomic mass is 9.84. The Kier molecular flexibility index (Phi) is 4.10. The van der Waals surface area contributed by atoms with Crippen LogP contribution in [0.3, 0.4) is 0 Å². The SMILES string of the molecule is O=C(C1CCC1)N1CCN(Cc2ccc(Cl)s2)CC1. The third-order valence-electron chi connectivity index (χ3n) is 4.15. The molecule has 0 atom stereocenters. The van der Waals surface area contributed by atoms with Gasteiger partial charge in [0.1, 0.15) is 0 Å². The molecular formula is C14H19ClN2OS. The van der Waals surface area contributed by atoms with Crippen molar-refractivity contribution < 1.29 is 4.79 Å². The topological polar surface area (TPSA) is 23.6 Å². The van der Waals surface area contributed by atoms with Crippen molar-refractivity contribution in [1.29, 1.82) is 0 Å². The number of hydrogen-bond donors (Lipinski definition) is 0. The summed E-state index contributed by atoms with van der Waals surface area (Å²) in [6, 6.07) is 4.05. The van der Waals surface area contributed by atoms with Gasteiger partial charge in [-0.05, 0) is 25.0 Å². The zero-order chi connectivity index (χ0) is 13.2. The van der Waals surface area contributed by atoms with E-state index in [1.165, 1.54) is 11.3 Å². The lowest BCUT2D eigenvalue weighted by Gasteiger charge is -2.38. The van der Waals surface area contributed by atoms with Gasteiger partial charge < -0.3 is 4.90 Å². The average Bonchev–Trinajstić information content (AvgIpc) is 2.73. The monoisotopic (exact) mass is 298 g/mol. The highest BCUT2D eigenvalue weighted by atomic mass is 35.5. The lowest BCUT2D eigenvalue weighted by molar-refractivity contribution is -0.140. The molecule has 1 aliphatic heterocycles. The van der Waals surface area contributed by atoms with E-state index in [-0.39, 0.29) is 0 Å². The van der Waals surface area contributed by atoms with Crippen LogP contribution in [0.15, 0.2) is 12.1 Å². The average molecular weight is 299 g/mol. The van der Waals surface area contributed by atoms with E-state index in [0.29, 0.717) is 11.8 Å². The molecule has 2 heterocycles. The van der Waals surface area contributed by atoms with E-state index in [4.69, 9.17) is 11.6 Å². The van der Waals surface area contributed by atoms with Crippen LogP contribution < -0.4 is 0 Å². The van der Waals surface area contributed by atoms with Crippen molar-refractivity contribution in [3.05, 3.63) is 21.3 Å². The maximum atomic E-state index is 12.1. The number of thiophene rings is 1. The van der Waals surface area contributed by atoms with E-state index in [1.54, 1.807) is 11.3 Å². The van der Waals surface area contributed by atoms with E-state index in [9.17, 15) is 4.79 Å². The number of rotatable bonds is 3. The predicted octanol–water partition coefficient (Wildman–Crippen LogP) is 2.85. The summed E-state index contributed by atoms with van der Waals surface area (Å²) in [5.41, 5.74) is 0. The summed E-state index contributed by atoms with van der Waals surface area (Å²) in [6.07, 6.45) is 3.44. The first-order valence-electron chi connectivity index (χ1n) is 6.98. The van der Waals surface area contributed by atoms with Gasteiger partial charge in [0.05, 0.1) is 4.34 Å². The van der Waals surface area contributed by atoms with Gasteiger partial charge in [0.15, 0.2) is 0 Å². The van der Waals surface area contributed by atoms with Gasteiger partial charge in [0, 0.05) is 43.5 Å². The fraction of sp³-hybridized carbons (Fsp3) is 0.643. The van der Waals surface area contributed by atoms with Crippen molar-refractivity contribution in [3.8, 4) is 0 Å². The van der Waals surface area contributed by atoms with Crippen LogP contribution in [0.1, 0.15) is 24.1 Å². The third kappa shape index (κ3) is 3.12. The van der Waals surface area contributed by atoms with Gasteiger partial charge in [-0.1, -0.05) is 18.0 Å². The van der Waals surface area contributed by atoms with Crippen molar-refractivity contribution in [2.24, 2.45) is 5.92 Å². The van der Waals surface area contributed by atoms with Crippen LogP contribution in [0.25, 0.3) is 0 Å². The van der Waals surface area contributed by atoms with Crippen LogP contribution in [-0.2, 0) is 11.3 Å². The van der Waals surface area contributed by atoms with Gasteiger partial charge in [-0.25, -0.2) is 0 Å². The first kappa shape index (κ1) is 13.4. The molecule has 1 saturated carbocycles. The molecule has 1 aromatic heterocycles. The Labute approximate surface area is 123 Å². The number of halogens is 1. The molecule has 3 nitrogen and oxygen atoms in total. The van der Waals surface area contributed by atoms with E-state index in [1.807, 2.05) is 6.07 Å². The maximum absolute atomic E-state index is 12.1. The van der Waals surface area contributed by atoms with Crippen LogP contribution >= 0.6 is 22.9 Å². The Morgan fingerprint density at radius 2 is 2.00 bits per heavy atom. The highest BCUT2D eigenvalue weighted by Gasteiger charge is 2.31. The normalized spacial score (nSPS) is 21.4. The van der Waals surface area contributed by atoms with Gasteiger partial charge in [0.2, 0.25) is 5.91 Å². The minimum absolute atomic E-state index is 0.336. The standard InChI is InChI=1S/C14H19ClN2OS/c15-13-5-4-12(19-13)10-16-6-8-17(9-7-16)14(18)11-2-1-3-11/h4-5,11H,1-3,6-10H2. The zero-order valence-electron chi connectivity index (χ0n) is 11.0. The molecule has 3 rings (SSSR count). The first-order chi connectivity index (χ1) is 9.22. The Balaban J connectivity index is 1.47. The Hall–Kier alpha value is -0.580. The molecule has 2 fully saturated rings. The maximum Gasteiger partial charge on any atom is 0.225 e. The van der Waals surface area contributed by atoms with Crippen LogP contribution in [0.2, 0.25) is 4.34 Å². The fourth-order valence-electron chi connectivity index (χ4n) is 2.70. The van der Waals surface area contributed by atoms with E-state index in [0.717, 1.165) is 49.9 Å². The molecule has 5 heteroatoms. The lowest BCUT2D eigenvalue weighted by Crippen LogP contribution is -2.50. The highest BCUT2D eigenvalue weighted by molar-refractivity contribution is 7.16. The summed E-state index contributed by atoms with van der Waals surface area (Å²) in [5, 5.41) is 0. The molecule has 19 heavy (non-hydrogen) atoms. The quantitative estimate of drug-likeness (QED) is 0.857. The number of piperazine rings is 1. The molecule has 0 radical (unpaired) electrons. The number of carbonyl (C=O) groups excluding carboxylic acids is 1. The number of hydrogen-bond acceptors (Lipinski definition) is 3. The molecule has 1 saturated heterocycles.